The summed E-state index contributed by atoms with van der Waals surface area (Å²) in [5.41, 5.74) is 3.06. The number of amides is 2. The SMILES string of the molecule is CCC(CC)C(=O)N(Cc1cc(NC(=O)c2ccccc2Cl)ccc1N(C)C)CC1CCCO1. The fourth-order valence-corrected chi connectivity index (χ4v) is 4.66. The van der Waals surface area contributed by atoms with E-state index < -0.39 is 0 Å². The number of nitrogens with one attached hydrogen (secondary N) is 1. The molecule has 2 amide bonds. The van der Waals surface area contributed by atoms with E-state index in [0.717, 1.165) is 43.5 Å². The van der Waals surface area contributed by atoms with Crippen molar-refractivity contribution in [2.24, 2.45) is 5.92 Å². The molecule has 0 aliphatic carbocycles. The van der Waals surface area contributed by atoms with Crippen LogP contribution >= 0.6 is 11.6 Å². The number of hydrogen-bond acceptors (Lipinski definition) is 4. The van der Waals surface area contributed by atoms with Crippen LogP contribution in [0.1, 0.15) is 55.5 Å². The fraction of sp³-hybridized carbons (Fsp3) is 0.481. The first-order valence-electron chi connectivity index (χ1n) is 12.1. The zero-order valence-electron chi connectivity index (χ0n) is 20.6. The molecule has 1 atom stereocenters. The zero-order chi connectivity index (χ0) is 24.7. The molecule has 1 heterocycles. The third-order valence-electron chi connectivity index (χ3n) is 6.39. The van der Waals surface area contributed by atoms with Gasteiger partial charge in [0.25, 0.3) is 5.91 Å². The lowest BCUT2D eigenvalue weighted by atomic mass is 10.0. The zero-order valence-corrected chi connectivity index (χ0v) is 21.4. The van der Waals surface area contributed by atoms with Crippen molar-refractivity contribution in [3.8, 4) is 0 Å². The Kier molecular flexibility index (Phi) is 9.36. The maximum atomic E-state index is 13.4. The molecule has 34 heavy (non-hydrogen) atoms. The highest BCUT2D eigenvalue weighted by atomic mass is 35.5. The molecule has 0 spiro atoms. The highest BCUT2D eigenvalue weighted by molar-refractivity contribution is 6.34. The molecule has 1 aliphatic heterocycles. The Balaban J connectivity index is 1.88. The minimum absolute atomic E-state index is 0.00711. The van der Waals surface area contributed by atoms with Crippen LogP contribution < -0.4 is 10.2 Å². The Labute approximate surface area is 208 Å². The van der Waals surface area contributed by atoms with Crippen molar-refractivity contribution in [1.29, 1.82) is 0 Å². The van der Waals surface area contributed by atoms with E-state index in [9.17, 15) is 9.59 Å². The summed E-state index contributed by atoms with van der Waals surface area (Å²) in [7, 11) is 3.96. The molecule has 2 aromatic carbocycles. The summed E-state index contributed by atoms with van der Waals surface area (Å²) >= 11 is 6.20. The summed E-state index contributed by atoms with van der Waals surface area (Å²) in [6.07, 6.45) is 3.70. The average Bonchev–Trinajstić information content (AvgIpc) is 3.32. The minimum Gasteiger partial charge on any atom is -0.377 e. The molecule has 0 radical (unpaired) electrons. The van der Waals surface area contributed by atoms with Gasteiger partial charge in [-0.2, -0.15) is 0 Å². The van der Waals surface area contributed by atoms with Gasteiger partial charge in [-0.3, -0.25) is 9.59 Å². The van der Waals surface area contributed by atoms with E-state index in [1.807, 2.05) is 42.1 Å². The van der Waals surface area contributed by atoms with Gasteiger partial charge in [0.2, 0.25) is 5.91 Å². The van der Waals surface area contributed by atoms with Crippen LogP contribution in [0.4, 0.5) is 11.4 Å². The van der Waals surface area contributed by atoms with Gasteiger partial charge in [0.05, 0.1) is 16.7 Å². The Hall–Kier alpha value is -2.57. The predicted molar refractivity (Wildman–Crippen MR) is 139 cm³/mol. The maximum absolute atomic E-state index is 13.4. The van der Waals surface area contributed by atoms with E-state index in [1.54, 1.807) is 24.3 Å². The van der Waals surface area contributed by atoms with Gasteiger partial charge in [-0.25, -0.2) is 0 Å². The fourth-order valence-electron chi connectivity index (χ4n) is 4.44. The monoisotopic (exact) mass is 485 g/mol. The van der Waals surface area contributed by atoms with Gasteiger partial charge in [-0.1, -0.05) is 37.6 Å². The highest BCUT2D eigenvalue weighted by Gasteiger charge is 2.27. The van der Waals surface area contributed by atoms with Crippen LogP contribution in [0, 0.1) is 5.92 Å². The van der Waals surface area contributed by atoms with E-state index >= 15 is 0 Å². The molecule has 1 aliphatic rings. The molecule has 1 unspecified atom stereocenters. The summed E-state index contributed by atoms with van der Waals surface area (Å²) in [6.45, 7) is 5.92. The Bertz CT molecular complexity index is 985. The molecular weight excluding hydrogens is 450 g/mol. The third kappa shape index (κ3) is 6.51. The molecule has 0 saturated carbocycles. The molecule has 1 N–H and O–H groups in total. The van der Waals surface area contributed by atoms with Crippen LogP contribution in [-0.2, 0) is 16.1 Å². The molecule has 2 aromatic rings. The van der Waals surface area contributed by atoms with Crippen LogP contribution in [0.15, 0.2) is 42.5 Å². The van der Waals surface area contributed by atoms with Crippen molar-refractivity contribution < 1.29 is 14.3 Å². The van der Waals surface area contributed by atoms with E-state index in [-0.39, 0.29) is 23.8 Å². The summed E-state index contributed by atoms with van der Waals surface area (Å²) in [5.74, 6) is -0.110. The molecule has 0 bridgehead atoms. The third-order valence-corrected chi connectivity index (χ3v) is 6.72. The number of anilines is 2. The lowest BCUT2D eigenvalue weighted by Gasteiger charge is -2.30. The normalized spacial score (nSPS) is 15.4. The largest absolute Gasteiger partial charge is 0.377 e. The first-order valence-corrected chi connectivity index (χ1v) is 12.5. The summed E-state index contributed by atoms with van der Waals surface area (Å²) in [5, 5.41) is 3.36. The molecular formula is C27H36ClN3O3. The number of carbonyl (C=O) groups is 2. The Morgan fingerprint density at radius 1 is 1.15 bits per heavy atom. The summed E-state index contributed by atoms with van der Waals surface area (Å²) in [6, 6.07) is 12.8. The molecule has 7 heteroatoms. The Morgan fingerprint density at radius 3 is 2.50 bits per heavy atom. The van der Waals surface area contributed by atoms with Gasteiger partial charge >= 0.3 is 0 Å². The van der Waals surface area contributed by atoms with Gasteiger partial charge in [0.15, 0.2) is 0 Å². The van der Waals surface area contributed by atoms with Crippen LogP contribution in [0.5, 0.6) is 0 Å². The van der Waals surface area contributed by atoms with Crippen LogP contribution in [0.2, 0.25) is 5.02 Å². The predicted octanol–water partition coefficient (Wildman–Crippen LogP) is 5.60. The van der Waals surface area contributed by atoms with Gasteiger partial charge in [0.1, 0.15) is 0 Å². The number of rotatable bonds is 10. The molecule has 3 rings (SSSR count). The molecule has 6 nitrogen and oxygen atoms in total. The minimum atomic E-state index is -0.265. The standard InChI is InChI=1S/C27H36ClN3O3/c1-5-19(6-2)27(33)31(18-22-10-9-15-34-22)17-20-16-21(13-14-25(20)30(3)4)29-26(32)23-11-7-8-12-24(23)28/h7-8,11-14,16,19,22H,5-6,9-10,15,17-18H2,1-4H3,(H,29,32). The Morgan fingerprint density at radius 2 is 1.88 bits per heavy atom. The van der Waals surface area contributed by atoms with Crippen molar-refractivity contribution in [2.75, 3.05) is 37.5 Å². The van der Waals surface area contributed by atoms with Crippen molar-refractivity contribution in [3.63, 3.8) is 0 Å². The smallest absolute Gasteiger partial charge is 0.257 e. The van der Waals surface area contributed by atoms with E-state index in [1.165, 1.54) is 0 Å². The van der Waals surface area contributed by atoms with E-state index in [2.05, 4.69) is 19.2 Å². The maximum Gasteiger partial charge on any atom is 0.257 e. The average molecular weight is 486 g/mol. The number of hydrogen-bond donors (Lipinski definition) is 1. The van der Waals surface area contributed by atoms with Crippen molar-refractivity contribution in [3.05, 3.63) is 58.6 Å². The van der Waals surface area contributed by atoms with Crippen LogP contribution in [0.25, 0.3) is 0 Å². The molecule has 184 valence electrons. The number of ether oxygens (including phenoxy) is 1. The lowest BCUT2D eigenvalue weighted by Crippen LogP contribution is -2.40. The first-order chi connectivity index (χ1) is 16.3. The van der Waals surface area contributed by atoms with Crippen molar-refractivity contribution in [1.82, 2.24) is 4.90 Å². The van der Waals surface area contributed by atoms with Crippen LogP contribution in [-0.4, -0.2) is 50.1 Å². The van der Waals surface area contributed by atoms with Crippen molar-refractivity contribution in [2.45, 2.75) is 52.2 Å². The van der Waals surface area contributed by atoms with E-state index in [4.69, 9.17) is 16.3 Å². The van der Waals surface area contributed by atoms with Crippen LogP contribution in [0.3, 0.4) is 0 Å². The van der Waals surface area contributed by atoms with Gasteiger partial charge in [0, 0.05) is 51.1 Å². The molecule has 1 fully saturated rings. The summed E-state index contributed by atoms with van der Waals surface area (Å²) < 4.78 is 5.86. The van der Waals surface area contributed by atoms with E-state index in [0.29, 0.717) is 29.4 Å². The van der Waals surface area contributed by atoms with Gasteiger partial charge in [-0.15, -0.1) is 0 Å². The number of carbonyl (C=O) groups excluding carboxylic acids is 2. The first kappa shape index (κ1) is 26.0. The quantitative estimate of drug-likeness (QED) is 0.475. The summed E-state index contributed by atoms with van der Waals surface area (Å²) in [4.78, 5) is 30.2. The van der Waals surface area contributed by atoms with Gasteiger partial charge in [-0.05, 0) is 61.6 Å². The molecule has 0 aromatic heterocycles. The second kappa shape index (κ2) is 12.2. The highest BCUT2D eigenvalue weighted by Crippen LogP contribution is 2.27. The molecule has 1 saturated heterocycles. The van der Waals surface area contributed by atoms with Gasteiger partial charge < -0.3 is 19.9 Å². The number of nitrogens with zero attached hydrogens (tertiary/aromatic N) is 2. The number of halogens is 1. The topological polar surface area (TPSA) is 61.9 Å². The second-order valence-electron chi connectivity index (χ2n) is 9.04. The number of benzene rings is 2. The lowest BCUT2D eigenvalue weighted by molar-refractivity contribution is -0.138. The second-order valence-corrected chi connectivity index (χ2v) is 9.45. The van der Waals surface area contributed by atoms with Crippen molar-refractivity contribution >= 4 is 34.8 Å².